The van der Waals surface area contributed by atoms with Gasteiger partial charge in [-0.2, -0.15) is 0 Å². The number of amides is 3. The Bertz CT molecular complexity index is 1270. The van der Waals surface area contributed by atoms with Crippen molar-refractivity contribution in [3.63, 3.8) is 0 Å². The Balaban J connectivity index is 1.31. The molecule has 2 N–H and O–H groups in total. The topological polar surface area (TPSA) is 118 Å². The third kappa shape index (κ3) is 6.75. The molecular formula is C26H30N6O4S. The molecule has 0 saturated carbocycles. The molecule has 3 amide bonds. The molecular weight excluding hydrogens is 492 g/mol. The first-order chi connectivity index (χ1) is 17.8. The third-order valence-electron chi connectivity index (χ3n) is 5.94. The zero-order valence-corrected chi connectivity index (χ0v) is 21.9. The van der Waals surface area contributed by atoms with E-state index in [1.54, 1.807) is 52.9 Å². The molecule has 2 heterocycles. The molecule has 2 aromatic carbocycles. The second-order valence-corrected chi connectivity index (χ2v) is 9.73. The van der Waals surface area contributed by atoms with Gasteiger partial charge in [0.1, 0.15) is 0 Å². The summed E-state index contributed by atoms with van der Waals surface area (Å²) in [7, 11) is 1.80. The molecule has 3 aromatic rings. The van der Waals surface area contributed by atoms with Crippen molar-refractivity contribution >= 4 is 35.2 Å². The second kappa shape index (κ2) is 12.0. The molecule has 1 aliphatic rings. The summed E-state index contributed by atoms with van der Waals surface area (Å²) in [6, 6.07) is 13.9. The Kier molecular flexibility index (Phi) is 8.57. The Labute approximate surface area is 219 Å². The molecule has 37 heavy (non-hydrogen) atoms. The van der Waals surface area contributed by atoms with Crippen LogP contribution in [0.5, 0.6) is 0 Å². The van der Waals surface area contributed by atoms with Crippen LogP contribution in [0.1, 0.15) is 45.1 Å². The molecule has 0 bridgehead atoms. The first-order valence-electron chi connectivity index (χ1n) is 12.0. The fourth-order valence-corrected chi connectivity index (χ4v) is 4.60. The third-order valence-corrected chi connectivity index (χ3v) is 6.96. The van der Waals surface area contributed by atoms with Crippen LogP contribution in [0.4, 0.5) is 5.69 Å². The summed E-state index contributed by atoms with van der Waals surface area (Å²) in [6.45, 7) is 5.97. The summed E-state index contributed by atoms with van der Waals surface area (Å²) in [4.78, 5) is 39.6. The zero-order valence-electron chi connectivity index (χ0n) is 21.1. The van der Waals surface area contributed by atoms with Crippen LogP contribution in [0.2, 0.25) is 0 Å². The number of nitrogens with one attached hydrogen (secondary N) is 2. The van der Waals surface area contributed by atoms with Gasteiger partial charge in [-0.1, -0.05) is 35.5 Å². The maximum atomic E-state index is 12.7. The molecule has 0 unspecified atom stereocenters. The van der Waals surface area contributed by atoms with Crippen LogP contribution >= 0.6 is 11.8 Å². The van der Waals surface area contributed by atoms with Gasteiger partial charge in [0.2, 0.25) is 5.91 Å². The van der Waals surface area contributed by atoms with Gasteiger partial charge in [-0.3, -0.25) is 14.4 Å². The normalized spacial score (nSPS) is 14.2. The number of nitrogens with zero attached hydrogens (tertiary/aromatic N) is 4. The number of benzene rings is 2. The van der Waals surface area contributed by atoms with Crippen LogP contribution in [0.25, 0.3) is 0 Å². The molecule has 0 spiro atoms. The molecule has 0 aliphatic carbocycles. The SMILES string of the molecule is Cc1ccc(C(=O)N[C@H](C)c2nnc(SCC(=O)Nc3cccc(C(=O)N4CCOCC4)c3)n2C)cc1. The van der Waals surface area contributed by atoms with Gasteiger partial charge in [-0.15, -0.1) is 10.2 Å². The van der Waals surface area contributed by atoms with E-state index in [9.17, 15) is 14.4 Å². The summed E-state index contributed by atoms with van der Waals surface area (Å²) < 4.78 is 7.07. The van der Waals surface area contributed by atoms with Gasteiger partial charge in [0, 0.05) is 37.0 Å². The standard InChI is InChI=1S/C26H30N6O4S/c1-17-7-9-19(10-8-17)24(34)27-18(2)23-29-30-26(31(23)3)37-16-22(33)28-21-6-4-5-20(15-21)25(35)32-11-13-36-14-12-32/h4-10,15,18H,11-14,16H2,1-3H3,(H,27,34)(H,28,33)/t18-/m1/s1. The molecule has 11 heteroatoms. The van der Waals surface area contributed by atoms with Crippen molar-refractivity contribution in [3.05, 3.63) is 71.0 Å². The lowest BCUT2D eigenvalue weighted by Crippen LogP contribution is -2.40. The van der Waals surface area contributed by atoms with Gasteiger partial charge in [0.15, 0.2) is 11.0 Å². The van der Waals surface area contributed by atoms with Crippen molar-refractivity contribution in [1.82, 2.24) is 25.0 Å². The van der Waals surface area contributed by atoms with Crippen LogP contribution in [0.15, 0.2) is 53.7 Å². The number of hydrogen-bond acceptors (Lipinski definition) is 7. The number of rotatable bonds is 8. The minimum atomic E-state index is -0.374. The average molecular weight is 523 g/mol. The van der Waals surface area contributed by atoms with E-state index in [0.29, 0.717) is 54.1 Å². The van der Waals surface area contributed by atoms with Crippen LogP contribution < -0.4 is 10.6 Å². The highest BCUT2D eigenvalue weighted by atomic mass is 32.2. The molecule has 1 aliphatic heterocycles. The molecule has 1 aromatic heterocycles. The first-order valence-corrected chi connectivity index (χ1v) is 13.0. The number of carbonyl (C=O) groups is 3. The summed E-state index contributed by atoms with van der Waals surface area (Å²) in [6.07, 6.45) is 0. The molecule has 194 valence electrons. The van der Waals surface area contributed by atoms with E-state index in [1.165, 1.54) is 11.8 Å². The van der Waals surface area contributed by atoms with Crippen LogP contribution in [0.3, 0.4) is 0 Å². The Hall–Kier alpha value is -3.70. The number of morpholine rings is 1. The number of aromatic nitrogens is 3. The lowest BCUT2D eigenvalue weighted by Gasteiger charge is -2.27. The number of hydrogen-bond donors (Lipinski definition) is 2. The lowest BCUT2D eigenvalue weighted by atomic mass is 10.1. The van der Waals surface area contributed by atoms with Crippen molar-refractivity contribution in [1.29, 1.82) is 0 Å². The highest BCUT2D eigenvalue weighted by Crippen LogP contribution is 2.20. The summed E-state index contributed by atoms with van der Waals surface area (Å²) >= 11 is 1.24. The minimum Gasteiger partial charge on any atom is -0.378 e. The maximum absolute atomic E-state index is 12.7. The van der Waals surface area contributed by atoms with Crippen LogP contribution in [0, 0.1) is 6.92 Å². The Morgan fingerprint density at radius 1 is 1.05 bits per heavy atom. The predicted octanol–water partition coefficient (Wildman–Crippen LogP) is 2.82. The Morgan fingerprint density at radius 3 is 2.51 bits per heavy atom. The summed E-state index contributed by atoms with van der Waals surface area (Å²) in [5.41, 5.74) is 2.72. The quantitative estimate of drug-likeness (QED) is 0.437. The van der Waals surface area contributed by atoms with Gasteiger partial charge >= 0.3 is 0 Å². The van der Waals surface area contributed by atoms with Gasteiger partial charge in [-0.05, 0) is 44.2 Å². The van der Waals surface area contributed by atoms with Crippen LogP contribution in [-0.2, 0) is 16.6 Å². The Morgan fingerprint density at radius 2 is 1.78 bits per heavy atom. The van der Waals surface area contributed by atoms with Gasteiger partial charge in [0.25, 0.3) is 11.8 Å². The first kappa shape index (κ1) is 26.4. The zero-order chi connectivity index (χ0) is 26.4. The molecule has 0 radical (unpaired) electrons. The number of aryl methyl sites for hydroxylation is 1. The van der Waals surface area contributed by atoms with Crippen molar-refractivity contribution in [3.8, 4) is 0 Å². The fourth-order valence-electron chi connectivity index (χ4n) is 3.88. The number of anilines is 1. The number of carbonyl (C=O) groups excluding carboxylic acids is 3. The summed E-state index contributed by atoms with van der Waals surface area (Å²) in [5, 5.41) is 14.7. The predicted molar refractivity (Wildman–Crippen MR) is 141 cm³/mol. The fraction of sp³-hybridized carbons (Fsp3) is 0.346. The highest BCUT2D eigenvalue weighted by molar-refractivity contribution is 7.99. The lowest BCUT2D eigenvalue weighted by molar-refractivity contribution is -0.113. The van der Waals surface area contributed by atoms with Crippen molar-refractivity contribution in [2.75, 3.05) is 37.4 Å². The number of thioether (sulfide) groups is 1. The monoisotopic (exact) mass is 522 g/mol. The van der Waals surface area contributed by atoms with E-state index in [2.05, 4.69) is 20.8 Å². The van der Waals surface area contributed by atoms with Crippen molar-refractivity contribution in [2.45, 2.75) is 25.0 Å². The molecule has 10 nitrogen and oxygen atoms in total. The minimum absolute atomic E-state index is 0.0797. The van der Waals surface area contributed by atoms with E-state index in [0.717, 1.165) is 5.56 Å². The van der Waals surface area contributed by atoms with E-state index in [4.69, 9.17) is 4.74 Å². The van der Waals surface area contributed by atoms with Gasteiger partial charge in [-0.25, -0.2) is 0 Å². The molecule has 1 fully saturated rings. The number of ether oxygens (including phenoxy) is 1. The van der Waals surface area contributed by atoms with Crippen molar-refractivity contribution in [2.24, 2.45) is 7.05 Å². The van der Waals surface area contributed by atoms with E-state index in [1.807, 2.05) is 26.0 Å². The highest BCUT2D eigenvalue weighted by Gasteiger charge is 2.20. The van der Waals surface area contributed by atoms with Gasteiger partial charge < -0.3 is 24.8 Å². The summed E-state index contributed by atoms with van der Waals surface area (Å²) in [5.74, 6) is 0.184. The maximum Gasteiger partial charge on any atom is 0.254 e. The van der Waals surface area contributed by atoms with E-state index < -0.39 is 0 Å². The van der Waals surface area contributed by atoms with Crippen LogP contribution in [-0.4, -0.2) is 69.4 Å². The molecule has 4 rings (SSSR count). The molecule has 1 atom stereocenters. The molecule has 1 saturated heterocycles. The van der Waals surface area contributed by atoms with E-state index >= 15 is 0 Å². The van der Waals surface area contributed by atoms with Crippen molar-refractivity contribution < 1.29 is 19.1 Å². The second-order valence-electron chi connectivity index (χ2n) is 8.78. The average Bonchev–Trinajstić information content (AvgIpc) is 3.28. The smallest absolute Gasteiger partial charge is 0.254 e. The van der Waals surface area contributed by atoms with Gasteiger partial charge in [0.05, 0.1) is 25.0 Å². The van der Waals surface area contributed by atoms with E-state index in [-0.39, 0.29) is 29.5 Å². The largest absolute Gasteiger partial charge is 0.378 e.